The van der Waals surface area contributed by atoms with E-state index in [4.69, 9.17) is 0 Å². The SMILES string of the molecule is CC(C)c1ccc(NC(=O)[C@@H]2CCCN(S(=O)(=O)c3cccc4nsnc34)C2)cc1. The number of carbonyl (C=O) groups is 1. The molecular weight excluding hydrogens is 420 g/mol. The van der Waals surface area contributed by atoms with Gasteiger partial charge in [-0.05, 0) is 48.6 Å². The lowest BCUT2D eigenvalue weighted by Crippen LogP contribution is -2.43. The van der Waals surface area contributed by atoms with Crippen LogP contribution >= 0.6 is 11.7 Å². The maximum Gasteiger partial charge on any atom is 0.245 e. The zero-order chi connectivity index (χ0) is 21.3. The topological polar surface area (TPSA) is 92.3 Å². The molecule has 9 heteroatoms. The van der Waals surface area contributed by atoms with E-state index in [1.54, 1.807) is 18.2 Å². The van der Waals surface area contributed by atoms with Crippen molar-refractivity contribution in [2.75, 3.05) is 18.4 Å². The molecule has 1 aliphatic heterocycles. The summed E-state index contributed by atoms with van der Waals surface area (Å²) in [6, 6.07) is 12.8. The molecule has 0 saturated carbocycles. The van der Waals surface area contributed by atoms with Crippen LogP contribution in [0.4, 0.5) is 5.69 Å². The van der Waals surface area contributed by atoms with Gasteiger partial charge in [0.25, 0.3) is 0 Å². The number of sulfonamides is 1. The fourth-order valence-corrected chi connectivity index (χ4v) is 5.98. The van der Waals surface area contributed by atoms with Crippen molar-refractivity contribution in [1.82, 2.24) is 13.1 Å². The van der Waals surface area contributed by atoms with E-state index < -0.39 is 15.9 Å². The molecule has 7 nitrogen and oxygen atoms in total. The molecule has 0 radical (unpaired) electrons. The fourth-order valence-electron chi connectivity index (χ4n) is 3.70. The Kier molecular flexibility index (Phi) is 5.86. The Balaban J connectivity index is 1.50. The molecule has 0 bridgehead atoms. The van der Waals surface area contributed by atoms with Gasteiger partial charge >= 0.3 is 0 Å². The molecule has 3 aromatic rings. The Morgan fingerprint density at radius 3 is 2.67 bits per heavy atom. The maximum atomic E-state index is 13.3. The van der Waals surface area contributed by atoms with Crippen LogP contribution in [0.5, 0.6) is 0 Å². The van der Waals surface area contributed by atoms with Crippen LogP contribution in [0, 0.1) is 5.92 Å². The van der Waals surface area contributed by atoms with Crippen LogP contribution in [0.15, 0.2) is 47.4 Å². The largest absolute Gasteiger partial charge is 0.326 e. The summed E-state index contributed by atoms with van der Waals surface area (Å²) in [5.41, 5.74) is 2.88. The van der Waals surface area contributed by atoms with Crippen molar-refractivity contribution in [3.05, 3.63) is 48.0 Å². The van der Waals surface area contributed by atoms with Crippen molar-refractivity contribution >= 4 is 44.4 Å². The monoisotopic (exact) mass is 444 g/mol. The van der Waals surface area contributed by atoms with Gasteiger partial charge in [-0.15, -0.1) is 0 Å². The average Bonchev–Trinajstić information content (AvgIpc) is 3.23. The molecule has 1 amide bonds. The molecular formula is C21H24N4O3S2. The summed E-state index contributed by atoms with van der Waals surface area (Å²) in [6.07, 6.45) is 1.29. The van der Waals surface area contributed by atoms with Crippen molar-refractivity contribution in [2.45, 2.75) is 37.5 Å². The Hall–Kier alpha value is -2.36. The normalized spacial score (nSPS) is 18.0. The molecule has 2 aromatic carbocycles. The number of piperidine rings is 1. The van der Waals surface area contributed by atoms with E-state index >= 15 is 0 Å². The second-order valence-corrected chi connectivity index (χ2v) is 10.3. The number of amides is 1. The second-order valence-electron chi connectivity index (χ2n) is 7.86. The van der Waals surface area contributed by atoms with Crippen molar-refractivity contribution in [3.8, 4) is 0 Å². The highest BCUT2D eigenvalue weighted by Gasteiger charge is 2.34. The first kappa shape index (κ1) is 20.9. The molecule has 0 aliphatic carbocycles. The minimum Gasteiger partial charge on any atom is -0.326 e. The molecule has 1 fully saturated rings. The lowest BCUT2D eigenvalue weighted by Gasteiger charge is -2.31. The van der Waals surface area contributed by atoms with Crippen molar-refractivity contribution < 1.29 is 13.2 Å². The minimum absolute atomic E-state index is 0.152. The number of benzene rings is 2. The summed E-state index contributed by atoms with van der Waals surface area (Å²) < 4.78 is 36.2. The number of nitrogens with one attached hydrogen (secondary N) is 1. The zero-order valence-electron chi connectivity index (χ0n) is 16.9. The quantitative estimate of drug-likeness (QED) is 0.645. The fraction of sp³-hybridized carbons (Fsp3) is 0.381. The summed E-state index contributed by atoms with van der Waals surface area (Å²) in [7, 11) is -3.76. The number of nitrogens with zero attached hydrogens (tertiary/aromatic N) is 3. The predicted molar refractivity (Wildman–Crippen MR) is 118 cm³/mol. The molecule has 30 heavy (non-hydrogen) atoms. The van der Waals surface area contributed by atoms with Crippen LogP contribution in [-0.4, -0.2) is 40.5 Å². The Morgan fingerprint density at radius 2 is 1.93 bits per heavy atom. The van der Waals surface area contributed by atoms with Gasteiger partial charge in [-0.3, -0.25) is 4.79 Å². The van der Waals surface area contributed by atoms with Crippen LogP contribution in [-0.2, 0) is 14.8 Å². The second kappa shape index (κ2) is 8.41. The van der Waals surface area contributed by atoms with Gasteiger partial charge in [-0.25, -0.2) is 8.42 Å². The van der Waals surface area contributed by atoms with E-state index in [9.17, 15) is 13.2 Å². The van der Waals surface area contributed by atoms with Gasteiger partial charge in [0.1, 0.15) is 15.9 Å². The molecule has 0 unspecified atom stereocenters. The van der Waals surface area contributed by atoms with E-state index in [2.05, 4.69) is 27.9 Å². The van der Waals surface area contributed by atoms with Gasteiger partial charge in [0.05, 0.1) is 17.6 Å². The average molecular weight is 445 g/mol. The van der Waals surface area contributed by atoms with Crippen LogP contribution < -0.4 is 5.32 Å². The first-order chi connectivity index (χ1) is 14.4. The maximum absolute atomic E-state index is 13.3. The van der Waals surface area contributed by atoms with E-state index in [0.717, 1.165) is 17.4 Å². The van der Waals surface area contributed by atoms with Crippen LogP contribution in [0.3, 0.4) is 0 Å². The molecule has 1 aliphatic rings. The van der Waals surface area contributed by atoms with Crippen LogP contribution in [0.1, 0.15) is 38.2 Å². The standard InChI is InChI=1S/C21H24N4O3S2/c1-14(2)15-8-10-17(11-9-15)22-21(26)16-5-4-12-25(13-16)30(27,28)19-7-3-6-18-20(19)24-29-23-18/h3,6-11,14,16H,4-5,12-13H2,1-2H3,(H,22,26)/t16-/m1/s1. The van der Waals surface area contributed by atoms with Gasteiger partial charge < -0.3 is 5.32 Å². The molecule has 158 valence electrons. The van der Waals surface area contributed by atoms with Gasteiger partial charge in [-0.1, -0.05) is 32.0 Å². The molecule has 1 saturated heterocycles. The van der Waals surface area contributed by atoms with E-state index in [0.29, 0.717) is 36.3 Å². The van der Waals surface area contributed by atoms with Crippen molar-refractivity contribution in [3.63, 3.8) is 0 Å². The smallest absolute Gasteiger partial charge is 0.245 e. The zero-order valence-corrected chi connectivity index (χ0v) is 18.5. The lowest BCUT2D eigenvalue weighted by molar-refractivity contribution is -0.120. The van der Waals surface area contributed by atoms with Gasteiger partial charge in [-0.2, -0.15) is 13.1 Å². The summed E-state index contributed by atoms with van der Waals surface area (Å²) in [6.45, 7) is 4.79. The molecule has 0 spiro atoms. The third-order valence-electron chi connectivity index (χ3n) is 5.47. The van der Waals surface area contributed by atoms with Crippen LogP contribution in [0.2, 0.25) is 0 Å². The molecule has 2 heterocycles. The molecule has 4 rings (SSSR count). The highest BCUT2D eigenvalue weighted by atomic mass is 32.2. The highest BCUT2D eigenvalue weighted by Crippen LogP contribution is 2.28. The number of hydrogen-bond acceptors (Lipinski definition) is 6. The molecule has 1 N–H and O–H groups in total. The lowest BCUT2D eigenvalue weighted by atomic mass is 9.98. The first-order valence-electron chi connectivity index (χ1n) is 9.98. The third kappa shape index (κ3) is 4.10. The summed E-state index contributed by atoms with van der Waals surface area (Å²) in [4.78, 5) is 13.0. The summed E-state index contributed by atoms with van der Waals surface area (Å²) in [5.74, 6) is -0.129. The third-order valence-corrected chi connectivity index (χ3v) is 7.91. The molecule has 1 aromatic heterocycles. The van der Waals surface area contributed by atoms with E-state index in [-0.39, 0.29) is 17.3 Å². The Morgan fingerprint density at radius 1 is 1.17 bits per heavy atom. The predicted octanol–water partition coefficient (Wildman–Crippen LogP) is 3.85. The first-order valence-corrected chi connectivity index (χ1v) is 12.2. The van der Waals surface area contributed by atoms with E-state index in [1.165, 1.54) is 9.87 Å². The molecule has 1 atom stereocenters. The number of anilines is 1. The number of rotatable bonds is 5. The van der Waals surface area contributed by atoms with Crippen LogP contribution in [0.25, 0.3) is 11.0 Å². The van der Waals surface area contributed by atoms with Gasteiger partial charge in [0.2, 0.25) is 15.9 Å². The van der Waals surface area contributed by atoms with E-state index in [1.807, 2.05) is 24.3 Å². The summed E-state index contributed by atoms with van der Waals surface area (Å²) >= 11 is 0.992. The minimum atomic E-state index is -3.76. The number of hydrogen-bond donors (Lipinski definition) is 1. The Bertz CT molecular complexity index is 1160. The number of carbonyl (C=O) groups excluding carboxylic acids is 1. The highest BCUT2D eigenvalue weighted by molar-refractivity contribution is 7.89. The van der Waals surface area contributed by atoms with Gasteiger partial charge in [0, 0.05) is 18.8 Å². The van der Waals surface area contributed by atoms with Gasteiger partial charge in [0.15, 0.2) is 0 Å². The van der Waals surface area contributed by atoms with Crippen molar-refractivity contribution in [2.24, 2.45) is 5.92 Å². The van der Waals surface area contributed by atoms with Crippen molar-refractivity contribution in [1.29, 1.82) is 0 Å². The number of aromatic nitrogens is 2. The summed E-state index contributed by atoms with van der Waals surface area (Å²) in [5, 5.41) is 2.93. The number of fused-ring (bicyclic) bond motifs is 1. The Labute approximate surface area is 180 Å².